The molecule has 8 nitrogen and oxygen atoms in total. The number of carbonyl (C=O) groups excluding carboxylic acids is 3. The van der Waals surface area contributed by atoms with E-state index in [0.717, 1.165) is 5.56 Å². The Labute approximate surface area is 216 Å². The average Bonchev–Trinajstić information content (AvgIpc) is 2.82. The fraction of sp³-hybridized carbons (Fsp3) is 0.607. The van der Waals surface area contributed by atoms with Crippen LogP contribution in [0.1, 0.15) is 59.9 Å². The third-order valence-electron chi connectivity index (χ3n) is 6.63. The lowest BCUT2D eigenvalue weighted by atomic mass is 9.94. The molecule has 0 saturated carbocycles. The molecule has 0 unspecified atom stereocenters. The number of likely N-dealkylation sites (N-methyl/N-ethyl adjacent to an activating group) is 1. The largest absolute Gasteiger partial charge is 0.487 e. The minimum atomic E-state index is -0.996. The summed E-state index contributed by atoms with van der Waals surface area (Å²) in [5.74, 6) is -0.312. The van der Waals surface area contributed by atoms with Crippen molar-refractivity contribution < 1.29 is 19.1 Å². The summed E-state index contributed by atoms with van der Waals surface area (Å²) in [6.45, 7) is 11.9. The predicted octanol–water partition coefficient (Wildman–Crippen LogP) is 3.18. The fourth-order valence-corrected chi connectivity index (χ4v) is 4.20. The van der Waals surface area contributed by atoms with Crippen LogP contribution in [0.15, 0.2) is 30.5 Å². The van der Waals surface area contributed by atoms with Gasteiger partial charge in [0.25, 0.3) is 0 Å². The lowest BCUT2D eigenvalue weighted by Crippen LogP contribution is -2.62. The van der Waals surface area contributed by atoms with Gasteiger partial charge in [-0.25, -0.2) is 0 Å². The summed E-state index contributed by atoms with van der Waals surface area (Å²) in [7, 11) is 3.71. The number of hydrogen-bond donors (Lipinski definition) is 3. The Kier molecular flexibility index (Phi) is 11.0. The molecule has 3 amide bonds. The van der Waals surface area contributed by atoms with E-state index in [4.69, 9.17) is 4.74 Å². The first-order valence-electron chi connectivity index (χ1n) is 12.9. The van der Waals surface area contributed by atoms with Crippen LogP contribution in [0.5, 0.6) is 5.75 Å². The molecule has 2 aliphatic rings. The lowest BCUT2D eigenvalue weighted by molar-refractivity contribution is -0.136. The van der Waals surface area contributed by atoms with Crippen molar-refractivity contribution in [3.63, 3.8) is 0 Å². The first-order chi connectivity index (χ1) is 16.9. The van der Waals surface area contributed by atoms with E-state index >= 15 is 0 Å². The van der Waals surface area contributed by atoms with Gasteiger partial charge < -0.3 is 20.7 Å². The summed E-state index contributed by atoms with van der Waals surface area (Å²) in [5, 5.41) is 8.70. The number of nitrogens with one attached hydrogen (secondary N) is 3. The van der Waals surface area contributed by atoms with Crippen molar-refractivity contribution in [3.05, 3.63) is 36.0 Å². The van der Waals surface area contributed by atoms with E-state index in [0.29, 0.717) is 24.5 Å². The molecule has 2 heterocycles. The van der Waals surface area contributed by atoms with Crippen LogP contribution in [-0.4, -0.2) is 60.9 Å². The zero-order valence-electron chi connectivity index (χ0n) is 23.0. The molecule has 1 aromatic rings. The predicted molar refractivity (Wildman–Crippen MR) is 143 cm³/mol. The molecule has 0 radical (unpaired) electrons. The van der Waals surface area contributed by atoms with Crippen LogP contribution in [0.3, 0.4) is 0 Å². The van der Waals surface area contributed by atoms with Crippen LogP contribution in [0.4, 0.5) is 0 Å². The molecule has 0 aliphatic carbocycles. The highest BCUT2D eigenvalue weighted by Crippen LogP contribution is 2.21. The van der Waals surface area contributed by atoms with Crippen LogP contribution in [0.2, 0.25) is 0 Å². The molecule has 3 rings (SSSR count). The van der Waals surface area contributed by atoms with Gasteiger partial charge in [-0.3, -0.25) is 19.3 Å². The number of hydrogen-bond acceptors (Lipinski definition) is 5. The summed E-state index contributed by atoms with van der Waals surface area (Å²) in [6.07, 6.45) is 4.06. The Morgan fingerprint density at radius 1 is 1.06 bits per heavy atom. The summed E-state index contributed by atoms with van der Waals surface area (Å²) in [5.41, 5.74) is 0.900. The van der Waals surface area contributed by atoms with Gasteiger partial charge in [0.1, 0.15) is 23.9 Å². The first kappa shape index (κ1) is 29.4. The zero-order chi connectivity index (χ0) is 27.0. The number of fused-ring (bicyclic) bond motifs is 10. The Hall–Kier alpha value is -2.87. The van der Waals surface area contributed by atoms with Gasteiger partial charge in [-0.1, -0.05) is 60.1 Å². The molecule has 0 spiro atoms. The number of amides is 3. The molecule has 1 aromatic carbocycles. The van der Waals surface area contributed by atoms with E-state index in [1.807, 2.05) is 71.0 Å². The van der Waals surface area contributed by atoms with Gasteiger partial charge in [0.2, 0.25) is 17.7 Å². The molecule has 36 heavy (non-hydrogen) atoms. The normalized spacial score (nSPS) is 23.5. The Morgan fingerprint density at radius 3 is 2.22 bits per heavy atom. The van der Waals surface area contributed by atoms with Crippen molar-refractivity contribution in [2.24, 2.45) is 17.8 Å². The van der Waals surface area contributed by atoms with E-state index in [-0.39, 0.29) is 23.7 Å². The second-order valence-electron chi connectivity index (χ2n) is 10.7. The van der Waals surface area contributed by atoms with Crippen LogP contribution < -0.4 is 20.7 Å². The number of benzene rings is 1. The molecule has 0 fully saturated rings. The zero-order valence-corrected chi connectivity index (χ0v) is 23.0. The topological polar surface area (TPSA) is 99.8 Å². The molecule has 2 aliphatic heterocycles. The molecule has 2 bridgehead atoms. The minimum Gasteiger partial charge on any atom is -0.487 e. The van der Waals surface area contributed by atoms with Gasteiger partial charge in [-0.2, -0.15) is 0 Å². The van der Waals surface area contributed by atoms with Gasteiger partial charge in [-0.05, 0) is 62.0 Å². The highest BCUT2D eigenvalue weighted by Gasteiger charge is 2.38. The Balaban J connectivity index is 2.52. The summed E-state index contributed by atoms with van der Waals surface area (Å²) >= 11 is 0. The maximum Gasteiger partial charge on any atom is 0.247 e. The monoisotopic (exact) mass is 500 g/mol. The lowest BCUT2D eigenvalue weighted by Gasteiger charge is -2.34. The SMILES string of the molecule is CC[C@H](C)[C@@H]1NC(=O)[C@@H](NC(=O)[C@H](CC(C)C)N(C)C)[C@H](C(C)C)Oc2ccc(cc2)/C=C\NC1=O. The number of carbonyl (C=O) groups is 3. The number of ether oxygens (including phenoxy) is 1. The molecule has 0 saturated heterocycles. The quantitative estimate of drug-likeness (QED) is 0.509. The maximum atomic E-state index is 13.8. The van der Waals surface area contributed by atoms with Crippen LogP contribution in [-0.2, 0) is 14.4 Å². The van der Waals surface area contributed by atoms with Gasteiger partial charge >= 0.3 is 0 Å². The summed E-state index contributed by atoms with van der Waals surface area (Å²) in [6, 6.07) is 5.24. The third-order valence-corrected chi connectivity index (χ3v) is 6.63. The third kappa shape index (κ3) is 8.08. The number of rotatable bonds is 8. The van der Waals surface area contributed by atoms with E-state index in [1.165, 1.54) is 0 Å². The van der Waals surface area contributed by atoms with Gasteiger partial charge in [-0.15, -0.1) is 0 Å². The van der Waals surface area contributed by atoms with Crippen LogP contribution >= 0.6 is 0 Å². The first-order valence-corrected chi connectivity index (χ1v) is 12.9. The smallest absolute Gasteiger partial charge is 0.247 e. The molecule has 5 atom stereocenters. The average molecular weight is 501 g/mol. The molecule has 0 aromatic heterocycles. The second-order valence-corrected chi connectivity index (χ2v) is 10.7. The molecule has 200 valence electrons. The van der Waals surface area contributed by atoms with Crippen molar-refractivity contribution in [2.75, 3.05) is 14.1 Å². The Bertz CT molecular complexity index is 911. The van der Waals surface area contributed by atoms with Crippen LogP contribution in [0, 0.1) is 17.8 Å². The van der Waals surface area contributed by atoms with Crippen molar-refractivity contribution >= 4 is 23.8 Å². The second kappa shape index (κ2) is 13.4. The van der Waals surface area contributed by atoms with Gasteiger partial charge in [0, 0.05) is 6.20 Å². The van der Waals surface area contributed by atoms with Crippen molar-refractivity contribution in [1.82, 2.24) is 20.9 Å². The van der Waals surface area contributed by atoms with Crippen molar-refractivity contribution in [2.45, 2.75) is 78.6 Å². The summed E-state index contributed by atoms with van der Waals surface area (Å²) in [4.78, 5) is 42.1. The summed E-state index contributed by atoms with van der Waals surface area (Å²) < 4.78 is 6.31. The van der Waals surface area contributed by atoms with E-state index < -0.39 is 30.1 Å². The molecule has 8 heteroatoms. The highest BCUT2D eigenvalue weighted by atomic mass is 16.5. The van der Waals surface area contributed by atoms with Gasteiger partial charge in [0.05, 0.1) is 6.04 Å². The van der Waals surface area contributed by atoms with Gasteiger partial charge in [0.15, 0.2) is 0 Å². The van der Waals surface area contributed by atoms with E-state index in [1.54, 1.807) is 12.3 Å². The van der Waals surface area contributed by atoms with E-state index in [2.05, 4.69) is 29.8 Å². The molecular weight excluding hydrogens is 456 g/mol. The highest BCUT2D eigenvalue weighted by molar-refractivity contribution is 5.94. The molecular formula is C28H44N4O4. The molecule has 3 N–H and O–H groups in total. The maximum absolute atomic E-state index is 13.8. The van der Waals surface area contributed by atoms with Crippen molar-refractivity contribution in [3.8, 4) is 5.75 Å². The van der Waals surface area contributed by atoms with Crippen LogP contribution in [0.25, 0.3) is 6.08 Å². The Morgan fingerprint density at radius 2 is 1.69 bits per heavy atom. The van der Waals surface area contributed by atoms with Crippen molar-refractivity contribution in [1.29, 1.82) is 0 Å². The van der Waals surface area contributed by atoms with E-state index in [9.17, 15) is 14.4 Å². The standard InChI is InChI=1S/C28H44N4O4/c1-9-19(6)23-27(34)29-15-14-20-10-12-21(13-11-20)36-25(18(4)5)24(28(35)30-23)31-26(33)22(32(7)8)16-17(2)3/h10-15,17-19,22-25H,9,16H2,1-8H3,(H,29,34)(H,30,35)(H,31,33)/b15-14-/t19-,22-,23-,24-,25-/m0/s1. The number of nitrogens with zero attached hydrogens (tertiary/aromatic N) is 1. The fourth-order valence-electron chi connectivity index (χ4n) is 4.20. The minimum absolute atomic E-state index is 0.104.